The molecule has 1 aromatic heterocycles. The van der Waals surface area contributed by atoms with Gasteiger partial charge in [0, 0.05) is 13.1 Å². The van der Waals surface area contributed by atoms with Crippen LogP contribution < -0.4 is 15.8 Å². The summed E-state index contributed by atoms with van der Waals surface area (Å²) in [6, 6.07) is 1.13. The lowest BCUT2D eigenvalue weighted by atomic mass is 9.46. The molecular formula is C16H22N4O2. The van der Waals surface area contributed by atoms with Crippen molar-refractivity contribution >= 4 is 11.7 Å². The number of carbonyl (C=O) groups is 1. The van der Waals surface area contributed by atoms with E-state index in [2.05, 4.69) is 35.9 Å². The number of anilines is 1. The van der Waals surface area contributed by atoms with E-state index in [1.165, 1.54) is 23.6 Å². The zero-order valence-electron chi connectivity index (χ0n) is 13.2. The number of nitrogens with one attached hydrogen (secondary N) is 2. The van der Waals surface area contributed by atoms with Gasteiger partial charge >= 0.3 is 6.03 Å². The van der Waals surface area contributed by atoms with E-state index in [1.54, 1.807) is 7.05 Å². The summed E-state index contributed by atoms with van der Waals surface area (Å²) in [7, 11) is 1.63. The van der Waals surface area contributed by atoms with E-state index < -0.39 is 0 Å². The van der Waals surface area contributed by atoms with Gasteiger partial charge in [-0.2, -0.15) is 5.10 Å². The van der Waals surface area contributed by atoms with Crippen molar-refractivity contribution in [3.8, 4) is 0 Å². The average Bonchev–Trinajstić information content (AvgIpc) is 2.47. The molecule has 2 bridgehead atoms. The van der Waals surface area contributed by atoms with Crippen LogP contribution >= 0.6 is 0 Å². The Labute approximate surface area is 129 Å². The van der Waals surface area contributed by atoms with Crippen LogP contribution in [0.25, 0.3) is 0 Å². The van der Waals surface area contributed by atoms with Crippen molar-refractivity contribution in [3.05, 3.63) is 34.8 Å². The van der Waals surface area contributed by atoms with Crippen LogP contribution in [0.15, 0.2) is 29.2 Å². The minimum absolute atomic E-state index is 0.0154. The Hall–Kier alpha value is -2.11. The molecule has 3 aliphatic carbocycles. The molecule has 6 nitrogen and oxygen atoms in total. The maximum atomic E-state index is 12.4. The number of hydrogen-bond donors (Lipinski definition) is 2. The average molecular weight is 302 g/mol. The van der Waals surface area contributed by atoms with Crippen LogP contribution in [0, 0.1) is 17.3 Å². The first-order valence-electron chi connectivity index (χ1n) is 7.58. The Morgan fingerprint density at radius 2 is 2.23 bits per heavy atom. The standard InChI is InChI=1S/C16H22N4O2/c1-9-12-5-10(16(12,2)3)6-13(9)18-15(22)20(4)11-7-14(21)19-17-8-11/h7-8,10,12-13H,1,5-6H2,2-4H3,(H,18,22)(H,19,21)/t10-,12+,13?/m1/s1. The minimum Gasteiger partial charge on any atom is -0.331 e. The monoisotopic (exact) mass is 302 g/mol. The lowest BCUT2D eigenvalue weighted by molar-refractivity contribution is -0.0367. The van der Waals surface area contributed by atoms with Gasteiger partial charge in [0.05, 0.1) is 17.9 Å². The number of carbonyl (C=O) groups excluding carboxylic acids is 1. The summed E-state index contributed by atoms with van der Waals surface area (Å²) >= 11 is 0. The summed E-state index contributed by atoms with van der Waals surface area (Å²) < 4.78 is 0. The molecule has 4 rings (SSSR count). The molecule has 3 fully saturated rings. The first-order valence-corrected chi connectivity index (χ1v) is 7.58. The van der Waals surface area contributed by atoms with E-state index in [1.807, 2.05) is 0 Å². The van der Waals surface area contributed by atoms with Crippen molar-refractivity contribution in [2.75, 3.05) is 11.9 Å². The number of aromatic nitrogens is 2. The molecule has 0 spiro atoms. The molecule has 0 saturated heterocycles. The first kappa shape index (κ1) is 14.8. The maximum absolute atomic E-state index is 12.4. The van der Waals surface area contributed by atoms with Crippen LogP contribution in [0.1, 0.15) is 26.7 Å². The fourth-order valence-corrected chi connectivity index (χ4v) is 3.79. The van der Waals surface area contributed by atoms with E-state index in [0.29, 0.717) is 22.9 Å². The van der Waals surface area contributed by atoms with Gasteiger partial charge in [0.1, 0.15) is 0 Å². The van der Waals surface area contributed by atoms with Crippen molar-refractivity contribution in [3.63, 3.8) is 0 Å². The van der Waals surface area contributed by atoms with Gasteiger partial charge < -0.3 is 5.32 Å². The van der Waals surface area contributed by atoms with Crippen molar-refractivity contribution in [1.82, 2.24) is 15.5 Å². The topological polar surface area (TPSA) is 78.1 Å². The largest absolute Gasteiger partial charge is 0.331 e. The summed E-state index contributed by atoms with van der Waals surface area (Å²) in [5.41, 5.74) is 1.56. The third-order valence-corrected chi connectivity index (χ3v) is 5.53. The summed E-state index contributed by atoms with van der Waals surface area (Å²) in [5, 5.41) is 9.04. The van der Waals surface area contributed by atoms with Crippen LogP contribution in [0.3, 0.4) is 0 Å². The molecule has 1 heterocycles. The zero-order chi connectivity index (χ0) is 16.1. The number of fused-ring (bicyclic) bond motifs is 2. The molecular weight excluding hydrogens is 280 g/mol. The molecule has 0 aromatic carbocycles. The highest BCUT2D eigenvalue weighted by atomic mass is 16.2. The minimum atomic E-state index is -0.331. The second-order valence-corrected chi connectivity index (χ2v) is 6.98. The van der Waals surface area contributed by atoms with Gasteiger partial charge in [-0.1, -0.05) is 26.0 Å². The van der Waals surface area contributed by atoms with Crippen molar-refractivity contribution in [1.29, 1.82) is 0 Å². The van der Waals surface area contributed by atoms with Gasteiger partial charge in [-0.15, -0.1) is 0 Å². The lowest BCUT2D eigenvalue weighted by Gasteiger charge is -2.60. The number of urea groups is 1. The molecule has 6 heteroatoms. The van der Waals surface area contributed by atoms with Gasteiger partial charge in [-0.25, -0.2) is 9.89 Å². The van der Waals surface area contributed by atoms with Gasteiger partial charge in [0.15, 0.2) is 0 Å². The molecule has 118 valence electrons. The normalized spacial score (nSPS) is 28.7. The van der Waals surface area contributed by atoms with Crippen molar-refractivity contribution in [2.45, 2.75) is 32.7 Å². The van der Waals surface area contributed by atoms with E-state index in [4.69, 9.17) is 0 Å². The summed E-state index contributed by atoms with van der Waals surface area (Å²) in [6.07, 6.45) is 3.58. The van der Waals surface area contributed by atoms with E-state index in [9.17, 15) is 9.59 Å². The van der Waals surface area contributed by atoms with Gasteiger partial charge in [-0.05, 0) is 30.1 Å². The summed E-state index contributed by atoms with van der Waals surface area (Å²) in [4.78, 5) is 25.1. The molecule has 22 heavy (non-hydrogen) atoms. The summed E-state index contributed by atoms with van der Waals surface area (Å²) in [5.74, 6) is 1.13. The molecule has 1 unspecified atom stereocenters. The molecule has 0 aliphatic heterocycles. The van der Waals surface area contributed by atoms with Crippen LogP contribution in [0.5, 0.6) is 0 Å². The Balaban J connectivity index is 1.68. The predicted octanol–water partition coefficient (Wildman–Crippen LogP) is 1.91. The Kier molecular flexibility index (Phi) is 3.34. The van der Waals surface area contributed by atoms with Crippen LogP contribution in [0.2, 0.25) is 0 Å². The molecule has 2 amide bonds. The Bertz CT molecular complexity index is 679. The summed E-state index contributed by atoms with van der Waals surface area (Å²) in [6.45, 7) is 8.77. The van der Waals surface area contributed by atoms with Gasteiger partial charge in [-0.3, -0.25) is 9.69 Å². The molecule has 2 N–H and O–H groups in total. The SMILES string of the molecule is C=C1C(NC(=O)N(C)c2cn[nH]c(=O)c2)C[C@H]2C[C@@H]1C2(C)C. The number of amides is 2. The molecule has 3 atom stereocenters. The van der Waals surface area contributed by atoms with Crippen molar-refractivity contribution in [2.24, 2.45) is 17.3 Å². The lowest BCUT2D eigenvalue weighted by Crippen LogP contribution is -2.58. The molecule has 3 aliphatic rings. The second kappa shape index (κ2) is 4.97. The van der Waals surface area contributed by atoms with E-state index >= 15 is 0 Å². The predicted molar refractivity (Wildman–Crippen MR) is 84.7 cm³/mol. The highest BCUT2D eigenvalue weighted by Gasteiger charge is 2.54. The maximum Gasteiger partial charge on any atom is 0.322 e. The van der Waals surface area contributed by atoms with Crippen molar-refractivity contribution < 1.29 is 4.79 Å². The number of rotatable bonds is 2. The number of aromatic amines is 1. The van der Waals surface area contributed by atoms with Crippen LogP contribution in [-0.2, 0) is 0 Å². The molecule has 1 aromatic rings. The smallest absolute Gasteiger partial charge is 0.322 e. The zero-order valence-corrected chi connectivity index (χ0v) is 13.2. The fourth-order valence-electron chi connectivity index (χ4n) is 3.79. The second-order valence-electron chi connectivity index (χ2n) is 6.98. The van der Waals surface area contributed by atoms with E-state index in [-0.39, 0.29) is 17.6 Å². The van der Waals surface area contributed by atoms with Gasteiger partial charge in [0.25, 0.3) is 5.56 Å². The Morgan fingerprint density at radius 1 is 1.50 bits per heavy atom. The van der Waals surface area contributed by atoms with Gasteiger partial charge in [0.2, 0.25) is 0 Å². The highest BCUT2D eigenvalue weighted by Crippen LogP contribution is 2.60. The van der Waals surface area contributed by atoms with E-state index in [0.717, 1.165) is 12.0 Å². The Morgan fingerprint density at radius 3 is 2.82 bits per heavy atom. The third-order valence-electron chi connectivity index (χ3n) is 5.53. The fraction of sp³-hybridized carbons (Fsp3) is 0.562. The number of H-pyrrole nitrogens is 1. The highest BCUT2D eigenvalue weighted by molar-refractivity contribution is 5.91. The van der Waals surface area contributed by atoms with Crippen LogP contribution in [0.4, 0.5) is 10.5 Å². The number of hydrogen-bond acceptors (Lipinski definition) is 3. The molecule has 0 radical (unpaired) electrons. The quantitative estimate of drug-likeness (QED) is 0.819. The molecule has 3 saturated carbocycles. The van der Waals surface area contributed by atoms with Crippen LogP contribution in [-0.4, -0.2) is 29.3 Å². The number of nitrogens with zero attached hydrogens (tertiary/aromatic N) is 2. The third kappa shape index (κ3) is 2.23. The first-order chi connectivity index (χ1) is 10.3.